The molecule has 1 aromatic heterocycles. The zero-order valence-corrected chi connectivity index (χ0v) is 10.1. The van der Waals surface area contributed by atoms with E-state index in [1.807, 2.05) is 0 Å². The third-order valence-electron chi connectivity index (χ3n) is 2.85. The molecule has 0 saturated heterocycles. The van der Waals surface area contributed by atoms with Crippen LogP contribution in [0.15, 0.2) is 12.3 Å². The molecule has 0 aromatic carbocycles. The van der Waals surface area contributed by atoms with Crippen LogP contribution in [0, 0.1) is 5.92 Å². The Morgan fingerprint density at radius 3 is 2.65 bits per heavy atom. The second-order valence-electron chi connectivity index (χ2n) is 4.28. The molecule has 2 rings (SSSR count). The van der Waals surface area contributed by atoms with Crippen molar-refractivity contribution in [3.63, 3.8) is 0 Å². The maximum absolute atomic E-state index is 11.9. The summed E-state index contributed by atoms with van der Waals surface area (Å²) in [6.07, 6.45) is 3.31. The lowest BCUT2D eigenvalue weighted by Crippen LogP contribution is -2.42. The van der Waals surface area contributed by atoms with Gasteiger partial charge >= 0.3 is 5.97 Å². The van der Waals surface area contributed by atoms with Gasteiger partial charge in [-0.05, 0) is 24.8 Å². The van der Waals surface area contributed by atoms with Crippen LogP contribution >= 0.6 is 11.6 Å². The topological polar surface area (TPSA) is 71.3 Å². The lowest BCUT2D eigenvalue weighted by molar-refractivity contribution is -0.139. The molecule has 0 aliphatic heterocycles. The third-order valence-corrected chi connectivity index (χ3v) is 3.06. The highest BCUT2D eigenvalue weighted by Gasteiger charge is 2.37. The molecule has 1 aliphatic rings. The highest BCUT2D eigenvalue weighted by atomic mass is 35.5. The summed E-state index contributed by atoms with van der Waals surface area (Å²) in [6, 6.07) is 0.721. The van der Waals surface area contributed by atoms with Crippen LogP contribution in [0.3, 0.4) is 0 Å². The molecule has 0 bridgehead atoms. The molecule has 17 heavy (non-hydrogen) atoms. The van der Waals surface area contributed by atoms with Gasteiger partial charge in [-0.15, -0.1) is 0 Å². The summed E-state index contributed by atoms with van der Waals surface area (Å²) in [7, 11) is 1.69. The van der Waals surface area contributed by atoms with Gasteiger partial charge in [-0.25, -0.2) is 4.79 Å². The fourth-order valence-corrected chi connectivity index (χ4v) is 2.03. The monoisotopic (exact) mass is 256 g/mol. The van der Waals surface area contributed by atoms with Crippen molar-refractivity contribution in [3.05, 3.63) is 23.0 Å². The average molecular weight is 257 g/mol. The second-order valence-corrected chi connectivity index (χ2v) is 4.72. The minimum Gasteiger partial charge on any atom is -0.480 e. The summed E-state index contributed by atoms with van der Waals surface area (Å²) in [5.41, 5.74) is 0.363. The molecule has 92 valence electrons. The predicted molar refractivity (Wildman–Crippen MR) is 62.0 cm³/mol. The molecule has 1 atom stereocenters. The molecule has 1 fully saturated rings. The van der Waals surface area contributed by atoms with Gasteiger partial charge in [-0.2, -0.15) is 0 Å². The Kier molecular flexibility index (Phi) is 3.11. The van der Waals surface area contributed by atoms with Crippen LogP contribution in [0.5, 0.6) is 0 Å². The van der Waals surface area contributed by atoms with E-state index in [2.05, 4.69) is 5.32 Å². The van der Waals surface area contributed by atoms with Gasteiger partial charge in [0, 0.05) is 13.2 Å². The van der Waals surface area contributed by atoms with Crippen molar-refractivity contribution in [1.82, 2.24) is 9.88 Å². The highest BCUT2D eigenvalue weighted by Crippen LogP contribution is 2.32. The summed E-state index contributed by atoms with van der Waals surface area (Å²) < 4.78 is 1.57. The zero-order valence-electron chi connectivity index (χ0n) is 9.31. The normalized spacial score (nSPS) is 16.6. The predicted octanol–water partition coefficient (Wildman–Crippen LogP) is 1.27. The van der Waals surface area contributed by atoms with Crippen LogP contribution in [0.25, 0.3) is 0 Å². The van der Waals surface area contributed by atoms with E-state index in [0.717, 1.165) is 12.8 Å². The van der Waals surface area contributed by atoms with Crippen molar-refractivity contribution in [3.8, 4) is 0 Å². The largest absolute Gasteiger partial charge is 0.480 e. The lowest BCUT2D eigenvalue weighted by Gasteiger charge is -2.13. The first-order valence-corrected chi connectivity index (χ1v) is 5.72. The summed E-state index contributed by atoms with van der Waals surface area (Å²) in [5.74, 6) is -1.33. The number of carbonyl (C=O) groups is 2. The van der Waals surface area contributed by atoms with Gasteiger partial charge in [0.05, 0.1) is 5.02 Å². The number of hydrogen-bond acceptors (Lipinski definition) is 2. The third kappa shape index (κ3) is 2.61. The van der Waals surface area contributed by atoms with Crippen molar-refractivity contribution < 1.29 is 14.7 Å². The first-order chi connectivity index (χ1) is 7.99. The molecule has 1 aromatic rings. The van der Waals surface area contributed by atoms with E-state index in [1.54, 1.807) is 17.8 Å². The lowest BCUT2D eigenvalue weighted by atomic mass is 10.2. The number of carbonyl (C=O) groups excluding carboxylic acids is 1. The molecular formula is C11H13ClN2O3. The Morgan fingerprint density at radius 1 is 1.59 bits per heavy atom. The van der Waals surface area contributed by atoms with Gasteiger partial charge in [0.1, 0.15) is 11.7 Å². The number of carboxylic acids is 1. The molecule has 1 aliphatic carbocycles. The van der Waals surface area contributed by atoms with Crippen LogP contribution in [0.2, 0.25) is 5.02 Å². The smallest absolute Gasteiger partial charge is 0.326 e. The van der Waals surface area contributed by atoms with Gasteiger partial charge in [0.15, 0.2) is 0 Å². The highest BCUT2D eigenvalue weighted by molar-refractivity contribution is 6.31. The van der Waals surface area contributed by atoms with Crippen molar-refractivity contribution in [2.45, 2.75) is 18.9 Å². The number of nitrogens with one attached hydrogen (secondary N) is 1. The summed E-state index contributed by atoms with van der Waals surface area (Å²) in [6.45, 7) is 0. The van der Waals surface area contributed by atoms with E-state index in [-0.39, 0.29) is 5.92 Å². The zero-order chi connectivity index (χ0) is 12.6. The van der Waals surface area contributed by atoms with E-state index in [4.69, 9.17) is 16.7 Å². The average Bonchev–Trinajstić information content (AvgIpc) is 3.00. The Hall–Kier alpha value is -1.49. The Balaban J connectivity index is 2.10. The van der Waals surface area contributed by atoms with E-state index in [0.29, 0.717) is 10.7 Å². The summed E-state index contributed by atoms with van der Waals surface area (Å²) >= 11 is 5.77. The number of halogens is 1. The Labute approximate surface area is 103 Å². The SMILES string of the molecule is Cn1cc(Cl)cc1C(=O)NC(C(=O)O)C1CC1. The van der Waals surface area contributed by atoms with Crippen molar-refractivity contribution in [1.29, 1.82) is 0 Å². The molecule has 0 spiro atoms. The molecule has 1 amide bonds. The maximum atomic E-state index is 11.9. The minimum atomic E-state index is -0.985. The van der Waals surface area contributed by atoms with Gasteiger partial charge in [0.2, 0.25) is 0 Å². The number of hydrogen-bond donors (Lipinski definition) is 2. The molecule has 0 radical (unpaired) electrons. The Morgan fingerprint density at radius 2 is 2.24 bits per heavy atom. The van der Waals surface area contributed by atoms with Crippen LogP contribution in [0.4, 0.5) is 0 Å². The summed E-state index contributed by atoms with van der Waals surface area (Å²) in [4.78, 5) is 22.9. The van der Waals surface area contributed by atoms with Gasteiger partial charge in [-0.1, -0.05) is 11.6 Å². The second kappa shape index (κ2) is 4.41. The minimum absolute atomic E-state index is 0.0622. The number of rotatable bonds is 4. The molecule has 6 heteroatoms. The fourth-order valence-electron chi connectivity index (χ4n) is 1.78. The van der Waals surface area contributed by atoms with Crippen LogP contribution in [-0.2, 0) is 11.8 Å². The number of aryl methyl sites for hydroxylation is 1. The molecule has 1 saturated carbocycles. The van der Waals surface area contributed by atoms with Crippen LogP contribution in [-0.4, -0.2) is 27.6 Å². The molecule has 1 heterocycles. The van der Waals surface area contributed by atoms with Gasteiger partial charge < -0.3 is 15.0 Å². The first kappa shape index (κ1) is 12.0. The van der Waals surface area contributed by atoms with Crippen molar-refractivity contribution >= 4 is 23.5 Å². The number of amides is 1. The number of aliphatic carboxylic acids is 1. The van der Waals surface area contributed by atoms with Crippen LogP contribution < -0.4 is 5.32 Å². The maximum Gasteiger partial charge on any atom is 0.326 e. The van der Waals surface area contributed by atoms with Crippen molar-refractivity contribution in [2.75, 3.05) is 0 Å². The number of aromatic nitrogens is 1. The number of carboxylic acid groups (broad SMARTS) is 1. The first-order valence-electron chi connectivity index (χ1n) is 5.34. The number of nitrogens with zero attached hydrogens (tertiary/aromatic N) is 1. The molecule has 5 nitrogen and oxygen atoms in total. The van der Waals surface area contributed by atoms with E-state index < -0.39 is 17.9 Å². The summed E-state index contributed by atoms with van der Waals surface area (Å²) in [5, 5.41) is 12.0. The van der Waals surface area contributed by atoms with Gasteiger partial charge in [0.25, 0.3) is 5.91 Å². The van der Waals surface area contributed by atoms with E-state index in [1.165, 1.54) is 6.07 Å². The molecule has 2 N–H and O–H groups in total. The fraction of sp³-hybridized carbons (Fsp3) is 0.455. The van der Waals surface area contributed by atoms with Crippen LogP contribution in [0.1, 0.15) is 23.3 Å². The molecular weight excluding hydrogens is 244 g/mol. The van der Waals surface area contributed by atoms with E-state index >= 15 is 0 Å². The van der Waals surface area contributed by atoms with Gasteiger partial charge in [-0.3, -0.25) is 4.79 Å². The van der Waals surface area contributed by atoms with E-state index in [9.17, 15) is 9.59 Å². The Bertz CT molecular complexity index is 465. The molecule has 1 unspecified atom stereocenters. The quantitative estimate of drug-likeness (QED) is 0.852. The standard InChI is InChI=1S/C11H13ClN2O3/c1-14-5-7(12)4-8(14)10(15)13-9(11(16)17)6-2-3-6/h4-6,9H,2-3H2,1H3,(H,13,15)(H,16,17). The van der Waals surface area contributed by atoms with Crippen molar-refractivity contribution in [2.24, 2.45) is 13.0 Å².